The number of carbonyl (C=O) groups is 1. The van der Waals surface area contributed by atoms with Gasteiger partial charge in [0.25, 0.3) is 5.91 Å². The Hall–Kier alpha value is -2.73. The maximum Gasteiger partial charge on any atom is 0.253 e. The summed E-state index contributed by atoms with van der Waals surface area (Å²) in [6.45, 7) is 9.48. The number of amides is 1. The number of benzene rings is 2. The zero-order chi connectivity index (χ0) is 21.6. The molecule has 2 aliphatic rings. The first kappa shape index (κ1) is 21.5. The number of hydrogen-bond acceptors (Lipinski definition) is 5. The monoisotopic (exact) mass is 424 g/mol. The van der Waals surface area contributed by atoms with E-state index in [2.05, 4.69) is 17.0 Å². The van der Waals surface area contributed by atoms with E-state index in [1.54, 1.807) is 0 Å². The predicted octanol–water partition coefficient (Wildman–Crippen LogP) is 3.98. The van der Waals surface area contributed by atoms with Gasteiger partial charge in [-0.3, -0.25) is 9.69 Å². The van der Waals surface area contributed by atoms with Crippen molar-refractivity contribution >= 4 is 5.91 Å². The topological polar surface area (TPSA) is 51.2 Å². The Morgan fingerprint density at radius 1 is 0.968 bits per heavy atom. The van der Waals surface area contributed by atoms with E-state index in [0.29, 0.717) is 18.8 Å². The molecule has 2 aromatic rings. The summed E-state index contributed by atoms with van der Waals surface area (Å²) < 4.78 is 17.5. The highest BCUT2D eigenvalue weighted by atomic mass is 16.5. The highest BCUT2D eigenvalue weighted by molar-refractivity contribution is 5.94. The summed E-state index contributed by atoms with van der Waals surface area (Å²) in [6.07, 6.45) is 2.34. The lowest BCUT2D eigenvalue weighted by atomic mass is 10.1. The van der Waals surface area contributed by atoms with Crippen LogP contribution in [0.5, 0.6) is 17.2 Å². The summed E-state index contributed by atoms with van der Waals surface area (Å²) in [5.41, 5.74) is 1.91. The molecule has 6 nitrogen and oxygen atoms in total. The number of hydrogen-bond donors (Lipinski definition) is 0. The van der Waals surface area contributed by atoms with Gasteiger partial charge in [0.05, 0.1) is 13.2 Å². The van der Waals surface area contributed by atoms with Gasteiger partial charge in [0.1, 0.15) is 11.9 Å². The lowest BCUT2D eigenvalue weighted by molar-refractivity contribution is 0.0144. The van der Waals surface area contributed by atoms with Gasteiger partial charge in [-0.2, -0.15) is 0 Å². The minimum atomic E-state index is 0.110. The second kappa shape index (κ2) is 10.1. The number of carbonyl (C=O) groups excluding carboxylic acids is 1. The van der Waals surface area contributed by atoms with E-state index in [0.717, 1.165) is 62.8 Å². The summed E-state index contributed by atoms with van der Waals surface area (Å²) >= 11 is 0. The van der Waals surface area contributed by atoms with Crippen LogP contribution in [0.1, 0.15) is 42.6 Å². The molecule has 2 aromatic carbocycles. The smallest absolute Gasteiger partial charge is 0.253 e. The molecule has 2 aliphatic heterocycles. The summed E-state index contributed by atoms with van der Waals surface area (Å²) in [5, 5.41) is 0. The normalized spacial score (nSPS) is 16.8. The van der Waals surface area contributed by atoms with E-state index in [-0.39, 0.29) is 12.0 Å². The molecule has 0 atom stereocenters. The molecular formula is C25H32N2O4. The van der Waals surface area contributed by atoms with Crippen molar-refractivity contribution in [2.75, 3.05) is 39.4 Å². The molecule has 0 aliphatic carbocycles. The van der Waals surface area contributed by atoms with Crippen molar-refractivity contribution in [1.29, 1.82) is 0 Å². The Labute approximate surface area is 184 Å². The van der Waals surface area contributed by atoms with Gasteiger partial charge in [0, 0.05) is 38.3 Å². The third-order valence-corrected chi connectivity index (χ3v) is 5.71. The second-order valence-electron chi connectivity index (χ2n) is 8.11. The molecule has 0 bridgehead atoms. The van der Waals surface area contributed by atoms with Crippen LogP contribution in [0.15, 0.2) is 42.5 Å². The van der Waals surface area contributed by atoms with Crippen LogP contribution in [0, 0.1) is 0 Å². The molecule has 0 saturated carbocycles. The van der Waals surface area contributed by atoms with Crippen LogP contribution in [0.2, 0.25) is 0 Å². The van der Waals surface area contributed by atoms with E-state index in [1.807, 2.05) is 49.1 Å². The maximum absolute atomic E-state index is 12.6. The summed E-state index contributed by atoms with van der Waals surface area (Å²) in [6, 6.07) is 13.7. The van der Waals surface area contributed by atoms with Crippen LogP contribution >= 0.6 is 0 Å². The SMILES string of the molecule is CCOc1ccc(CN2CC(Oc3cccc(C(=O)N4CCCC4)c3)C2)cc1OCC. The first-order chi connectivity index (χ1) is 15.2. The highest BCUT2D eigenvalue weighted by Gasteiger charge is 2.29. The first-order valence-corrected chi connectivity index (χ1v) is 11.3. The van der Waals surface area contributed by atoms with Crippen molar-refractivity contribution in [2.24, 2.45) is 0 Å². The van der Waals surface area contributed by atoms with Crippen molar-refractivity contribution < 1.29 is 19.0 Å². The molecular weight excluding hydrogens is 392 g/mol. The van der Waals surface area contributed by atoms with Crippen LogP contribution in [-0.4, -0.2) is 61.2 Å². The fraction of sp³-hybridized carbons (Fsp3) is 0.480. The number of ether oxygens (including phenoxy) is 3. The summed E-state index contributed by atoms with van der Waals surface area (Å²) in [5.74, 6) is 2.48. The minimum absolute atomic E-state index is 0.110. The maximum atomic E-state index is 12.6. The van der Waals surface area contributed by atoms with Gasteiger partial charge in [0.15, 0.2) is 11.5 Å². The van der Waals surface area contributed by atoms with E-state index in [9.17, 15) is 4.79 Å². The lowest BCUT2D eigenvalue weighted by Crippen LogP contribution is -2.53. The standard InChI is InChI=1S/C25H32N2O4/c1-3-29-23-11-10-19(14-24(23)30-4-2)16-26-17-22(18-26)31-21-9-7-8-20(15-21)25(28)27-12-5-6-13-27/h7-11,14-15,22H,3-6,12-13,16-18H2,1-2H3. The summed E-state index contributed by atoms with van der Waals surface area (Å²) in [4.78, 5) is 16.9. The van der Waals surface area contributed by atoms with E-state index in [4.69, 9.17) is 14.2 Å². The van der Waals surface area contributed by atoms with Crippen molar-refractivity contribution in [2.45, 2.75) is 39.3 Å². The third-order valence-electron chi connectivity index (χ3n) is 5.71. The van der Waals surface area contributed by atoms with Crippen molar-refractivity contribution in [3.8, 4) is 17.2 Å². The molecule has 2 saturated heterocycles. The largest absolute Gasteiger partial charge is 0.490 e. The Kier molecular flexibility index (Phi) is 6.97. The lowest BCUT2D eigenvalue weighted by Gasteiger charge is -2.39. The van der Waals surface area contributed by atoms with Crippen molar-refractivity contribution in [3.63, 3.8) is 0 Å². The minimum Gasteiger partial charge on any atom is -0.490 e. The van der Waals surface area contributed by atoms with Gasteiger partial charge < -0.3 is 19.1 Å². The van der Waals surface area contributed by atoms with Gasteiger partial charge in [-0.05, 0) is 62.6 Å². The first-order valence-electron chi connectivity index (χ1n) is 11.3. The molecule has 0 spiro atoms. The van der Waals surface area contributed by atoms with Gasteiger partial charge in [-0.25, -0.2) is 0 Å². The molecule has 166 valence electrons. The average Bonchev–Trinajstić information content (AvgIpc) is 3.29. The zero-order valence-electron chi connectivity index (χ0n) is 18.5. The molecule has 2 fully saturated rings. The van der Waals surface area contributed by atoms with E-state index >= 15 is 0 Å². The van der Waals surface area contributed by atoms with Crippen LogP contribution in [-0.2, 0) is 6.54 Å². The molecule has 4 rings (SSSR count). The third kappa shape index (κ3) is 5.31. The Morgan fingerprint density at radius 2 is 1.71 bits per heavy atom. The summed E-state index contributed by atoms with van der Waals surface area (Å²) in [7, 11) is 0. The Balaban J connectivity index is 1.29. The molecule has 6 heteroatoms. The molecule has 0 aromatic heterocycles. The van der Waals surface area contributed by atoms with E-state index in [1.165, 1.54) is 5.56 Å². The molecule has 0 N–H and O–H groups in total. The second-order valence-corrected chi connectivity index (χ2v) is 8.11. The van der Waals surface area contributed by atoms with Crippen molar-refractivity contribution in [3.05, 3.63) is 53.6 Å². The van der Waals surface area contributed by atoms with Crippen LogP contribution < -0.4 is 14.2 Å². The van der Waals surface area contributed by atoms with Gasteiger partial charge in [-0.15, -0.1) is 0 Å². The fourth-order valence-electron chi connectivity index (χ4n) is 4.18. The quantitative estimate of drug-likeness (QED) is 0.609. The molecule has 0 unspecified atom stereocenters. The number of rotatable bonds is 9. The average molecular weight is 425 g/mol. The predicted molar refractivity (Wildman–Crippen MR) is 120 cm³/mol. The highest BCUT2D eigenvalue weighted by Crippen LogP contribution is 2.30. The Morgan fingerprint density at radius 3 is 2.45 bits per heavy atom. The number of likely N-dealkylation sites (tertiary alicyclic amines) is 2. The van der Waals surface area contributed by atoms with Crippen LogP contribution in [0.25, 0.3) is 0 Å². The van der Waals surface area contributed by atoms with Crippen molar-refractivity contribution in [1.82, 2.24) is 9.80 Å². The zero-order valence-corrected chi connectivity index (χ0v) is 18.5. The van der Waals surface area contributed by atoms with Gasteiger partial charge in [0.2, 0.25) is 0 Å². The van der Waals surface area contributed by atoms with E-state index < -0.39 is 0 Å². The van der Waals surface area contributed by atoms with Crippen LogP contribution in [0.4, 0.5) is 0 Å². The molecule has 2 heterocycles. The molecule has 0 radical (unpaired) electrons. The molecule has 1 amide bonds. The molecule has 31 heavy (non-hydrogen) atoms. The Bertz CT molecular complexity index is 889. The van der Waals surface area contributed by atoms with Gasteiger partial charge in [-0.1, -0.05) is 12.1 Å². The number of nitrogens with zero attached hydrogens (tertiary/aromatic N) is 2. The van der Waals surface area contributed by atoms with Gasteiger partial charge >= 0.3 is 0 Å². The van der Waals surface area contributed by atoms with Crippen LogP contribution in [0.3, 0.4) is 0 Å². The fourth-order valence-corrected chi connectivity index (χ4v) is 4.18.